The zero-order valence-corrected chi connectivity index (χ0v) is 10.9. The number of phosphoric acid groups is 1. The van der Waals surface area contributed by atoms with E-state index in [2.05, 4.69) is 4.31 Å². The van der Waals surface area contributed by atoms with Gasteiger partial charge in [-0.15, -0.1) is 9.79 Å². The van der Waals surface area contributed by atoms with E-state index in [0.717, 1.165) is 0 Å². The van der Waals surface area contributed by atoms with Gasteiger partial charge in [0.25, 0.3) is 7.82 Å². The Morgan fingerprint density at radius 1 is 1.15 bits per heavy atom. The van der Waals surface area contributed by atoms with Gasteiger partial charge in [0, 0.05) is 9.13 Å². The van der Waals surface area contributed by atoms with Crippen LogP contribution in [0.2, 0.25) is 0 Å². The van der Waals surface area contributed by atoms with Crippen LogP contribution in [0.3, 0.4) is 0 Å². The van der Waals surface area contributed by atoms with Gasteiger partial charge in [-0.05, 0) is 0 Å². The van der Waals surface area contributed by atoms with Gasteiger partial charge in [0.1, 0.15) is 0 Å². The average Bonchev–Trinajstić information content (AvgIpc) is 1.52. The fourth-order valence-electron chi connectivity index (χ4n) is 0.0598. The molecule has 0 aromatic rings. The second kappa shape index (κ2) is 9.73. The summed E-state index contributed by atoms with van der Waals surface area (Å²) in [5.41, 5.74) is 0. The van der Waals surface area contributed by atoms with Gasteiger partial charge in [-0.2, -0.15) is 0 Å². The van der Waals surface area contributed by atoms with Crippen molar-refractivity contribution in [3.05, 3.63) is 0 Å². The zero-order chi connectivity index (χ0) is 10.4. The van der Waals surface area contributed by atoms with Gasteiger partial charge in [0.05, 0.1) is 0 Å². The molecule has 13 heavy (non-hydrogen) atoms. The molecular weight excluding hydrogens is 260 g/mol. The molecule has 0 aliphatic carbocycles. The van der Waals surface area contributed by atoms with Crippen molar-refractivity contribution in [2.45, 2.75) is 0 Å². The summed E-state index contributed by atoms with van der Waals surface area (Å²) in [6.45, 7) is 0. The third-order valence-corrected chi connectivity index (χ3v) is 1.26. The molecule has 0 rings (SSSR count). The molecule has 0 bridgehead atoms. The number of rotatable bonds is 2. The molecule has 0 spiro atoms. The maximum atomic E-state index is 9.39. The first-order valence-corrected chi connectivity index (χ1v) is 5.69. The zero-order valence-electron chi connectivity index (χ0n) is 6.17. The van der Waals surface area contributed by atoms with Gasteiger partial charge >= 0.3 is 46.1 Å². The van der Waals surface area contributed by atoms with Crippen molar-refractivity contribution < 1.29 is 72.0 Å². The topological polar surface area (TPSA) is 164 Å². The van der Waals surface area contributed by atoms with E-state index >= 15 is 0 Å². The van der Waals surface area contributed by atoms with Crippen LogP contribution in [0.25, 0.3) is 0 Å². The molecule has 4 N–H and O–H groups in total. The quantitative estimate of drug-likeness (QED) is 0.285. The first kappa shape index (κ1) is 19.7. The molecule has 9 nitrogen and oxygen atoms in total. The van der Waals surface area contributed by atoms with E-state index in [1.807, 2.05) is 0 Å². The summed E-state index contributed by atoms with van der Waals surface area (Å²) in [6.07, 6.45) is 0. The van der Waals surface area contributed by atoms with E-state index in [0.29, 0.717) is 0 Å². The van der Waals surface area contributed by atoms with Crippen LogP contribution in [-0.4, -0.2) is 19.6 Å². The summed E-state index contributed by atoms with van der Waals surface area (Å²) in [5, 5.41) is 0. The fourth-order valence-corrected chi connectivity index (χ4v) is 0.538. The Kier molecular flexibility index (Phi) is 14.8. The Morgan fingerprint density at radius 3 is 1.31 bits per heavy atom. The smallest absolute Gasteiger partial charge is 0.756 e. The van der Waals surface area contributed by atoms with Gasteiger partial charge in [-0.25, -0.2) is 0 Å². The fraction of sp³-hybridized carbons (Fsp3) is 0. The molecule has 0 aliphatic rings. The SMILES string of the molecule is O=P([O-])(O)O.O=[P+](O)O[P+](=O)O.[Na+]. The molecule has 0 aliphatic heterocycles. The van der Waals surface area contributed by atoms with Crippen LogP contribution in [0.4, 0.5) is 0 Å². The maximum absolute atomic E-state index is 9.39. The molecular formula is H4NaO9P3+2. The molecule has 0 saturated carbocycles. The van der Waals surface area contributed by atoms with Crippen LogP contribution >= 0.6 is 24.3 Å². The molecule has 0 fully saturated rings. The molecule has 0 radical (unpaired) electrons. The Bertz CT molecular complexity index is 183. The van der Waals surface area contributed by atoms with E-state index in [4.69, 9.17) is 29.0 Å². The van der Waals surface area contributed by atoms with Crippen LogP contribution in [-0.2, 0) is 18.0 Å². The molecule has 13 heteroatoms. The molecule has 2 unspecified atom stereocenters. The second-order valence-corrected chi connectivity index (χ2v) is 3.63. The van der Waals surface area contributed by atoms with Crippen molar-refractivity contribution in [3.8, 4) is 0 Å². The normalized spacial score (nSPS) is 11.8. The van der Waals surface area contributed by atoms with E-state index < -0.39 is 24.3 Å². The van der Waals surface area contributed by atoms with Crippen LogP contribution in [0.15, 0.2) is 0 Å². The van der Waals surface area contributed by atoms with Crippen molar-refractivity contribution in [3.63, 3.8) is 0 Å². The molecule has 72 valence electrons. The Hall–Kier alpha value is 1.19. The van der Waals surface area contributed by atoms with Crippen LogP contribution < -0.4 is 34.5 Å². The van der Waals surface area contributed by atoms with Crippen LogP contribution in [0.5, 0.6) is 0 Å². The standard InChI is InChI=1S/Na.O5P2.H3O4P/c;1-6(2)5-7(3)4;1-5(2,3)4/h;;(H3,1,2,3,4)/q+1;;/p+1. The van der Waals surface area contributed by atoms with Crippen molar-refractivity contribution in [2.24, 2.45) is 0 Å². The molecule has 0 aromatic heterocycles. The predicted octanol–water partition coefficient (Wildman–Crippen LogP) is -4.25. The summed E-state index contributed by atoms with van der Waals surface area (Å²) in [5.74, 6) is 0. The Labute approximate surface area is 96.2 Å². The second-order valence-electron chi connectivity index (χ2n) is 1.05. The summed E-state index contributed by atoms with van der Waals surface area (Å²) in [7, 11) is -10.7. The van der Waals surface area contributed by atoms with Crippen molar-refractivity contribution in [1.82, 2.24) is 0 Å². The first-order chi connectivity index (χ1) is 5.13. The van der Waals surface area contributed by atoms with E-state index in [1.54, 1.807) is 0 Å². The number of hydrogen-bond acceptors (Lipinski definition) is 5. The summed E-state index contributed by atoms with van der Waals surface area (Å²) < 4.78 is 30.9. The number of hydrogen-bond donors (Lipinski definition) is 4. The van der Waals surface area contributed by atoms with E-state index in [-0.39, 0.29) is 29.6 Å². The van der Waals surface area contributed by atoms with Gasteiger partial charge in [-0.3, -0.25) is 4.57 Å². The minimum atomic E-state index is -4.89. The van der Waals surface area contributed by atoms with Gasteiger partial charge in [0.15, 0.2) is 4.31 Å². The van der Waals surface area contributed by atoms with Gasteiger partial charge in [0.2, 0.25) is 0 Å². The van der Waals surface area contributed by atoms with Crippen molar-refractivity contribution in [1.29, 1.82) is 0 Å². The first-order valence-electron chi connectivity index (χ1n) is 1.90. The van der Waals surface area contributed by atoms with Gasteiger partial charge in [-0.1, -0.05) is 0 Å². The van der Waals surface area contributed by atoms with Crippen LogP contribution in [0.1, 0.15) is 0 Å². The van der Waals surface area contributed by atoms with E-state index in [9.17, 15) is 9.13 Å². The largest absolute Gasteiger partial charge is 1.00 e. The molecule has 0 saturated heterocycles. The molecule has 0 amide bonds. The van der Waals surface area contributed by atoms with E-state index in [1.165, 1.54) is 0 Å². The van der Waals surface area contributed by atoms with Crippen molar-refractivity contribution in [2.75, 3.05) is 0 Å². The monoisotopic (exact) mass is 264 g/mol. The average molecular weight is 264 g/mol. The molecule has 0 heterocycles. The molecule has 2 atom stereocenters. The summed E-state index contributed by atoms with van der Waals surface area (Å²) >= 11 is 0. The minimum Gasteiger partial charge on any atom is -0.756 e. The summed E-state index contributed by atoms with van der Waals surface area (Å²) in [4.78, 5) is 38.3. The Balaban J connectivity index is -0.000000150. The van der Waals surface area contributed by atoms with Crippen LogP contribution in [0, 0.1) is 0 Å². The minimum absolute atomic E-state index is 0. The third kappa shape index (κ3) is 61.3. The van der Waals surface area contributed by atoms with Crippen molar-refractivity contribution >= 4 is 24.3 Å². The molecule has 0 aromatic carbocycles. The summed E-state index contributed by atoms with van der Waals surface area (Å²) in [6, 6.07) is 0. The predicted molar refractivity (Wildman–Crippen MR) is 32.8 cm³/mol. The Morgan fingerprint density at radius 2 is 1.31 bits per heavy atom. The maximum Gasteiger partial charge on any atom is 1.00 e. The van der Waals surface area contributed by atoms with Gasteiger partial charge < -0.3 is 14.7 Å². The third-order valence-electron chi connectivity index (χ3n) is 0.140.